The maximum Gasteiger partial charge on any atom is 0.276 e. The number of carbonyl (C=O) groups excluding carboxylic acids is 1. The van der Waals surface area contributed by atoms with Crippen LogP contribution in [0.4, 0.5) is 5.82 Å². The monoisotopic (exact) mass is 427 g/mol. The zero-order valence-corrected chi connectivity index (χ0v) is 15.6. The highest BCUT2D eigenvalue weighted by molar-refractivity contribution is 9.10. The Morgan fingerprint density at radius 3 is 2.62 bits per heavy atom. The van der Waals surface area contributed by atoms with Gasteiger partial charge in [-0.25, -0.2) is 0 Å². The Morgan fingerprint density at radius 1 is 1.29 bits per heavy atom. The van der Waals surface area contributed by atoms with Crippen molar-refractivity contribution in [3.8, 4) is 0 Å². The summed E-state index contributed by atoms with van der Waals surface area (Å²) >= 11 is 15.3. The van der Waals surface area contributed by atoms with Crippen LogP contribution in [0.15, 0.2) is 41.1 Å². The summed E-state index contributed by atoms with van der Waals surface area (Å²) in [6, 6.07) is 7.43. The van der Waals surface area contributed by atoms with Crippen molar-refractivity contribution in [2.75, 3.05) is 5.32 Å². The second-order valence-corrected chi connectivity index (χ2v) is 6.77. The smallest absolute Gasteiger partial charge is 0.276 e. The summed E-state index contributed by atoms with van der Waals surface area (Å²) in [5.74, 6) is -0.0516. The lowest BCUT2D eigenvalue weighted by Crippen LogP contribution is -2.17. The lowest BCUT2D eigenvalue weighted by atomic mass is 10.2. The third-order valence-electron chi connectivity index (χ3n) is 3.32. The molecule has 9 heteroatoms. The lowest BCUT2D eigenvalue weighted by Gasteiger charge is -2.04. The number of amides is 1. The maximum atomic E-state index is 12.3. The molecular formula is C15H12BrCl2N5O. The van der Waals surface area contributed by atoms with E-state index in [0.29, 0.717) is 32.6 Å². The standard InChI is InChI=1S/C15H12BrCl2N5O/c1-22-13(11(16)6-19-22)15(24)20-14-12(18)8-23(21-14)7-9-2-4-10(17)5-3-9/h2-6,8H,7H2,1H3,(H,20,21,24). The predicted molar refractivity (Wildman–Crippen MR) is 96.7 cm³/mol. The van der Waals surface area contributed by atoms with Gasteiger partial charge in [0.2, 0.25) is 0 Å². The van der Waals surface area contributed by atoms with Gasteiger partial charge in [-0.15, -0.1) is 0 Å². The van der Waals surface area contributed by atoms with E-state index in [1.807, 2.05) is 24.3 Å². The third kappa shape index (κ3) is 3.63. The van der Waals surface area contributed by atoms with Crippen molar-refractivity contribution in [3.05, 3.63) is 62.4 Å². The Kier molecular flexibility index (Phi) is 4.93. The summed E-state index contributed by atoms with van der Waals surface area (Å²) in [6.07, 6.45) is 3.21. The first-order valence-corrected chi connectivity index (χ1v) is 8.45. The molecule has 2 heterocycles. The van der Waals surface area contributed by atoms with Crippen LogP contribution in [0.3, 0.4) is 0 Å². The quantitative estimate of drug-likeness (QED) is 0.683. The Bertz CT molecular complexity index is 868. The normalized spacial score (nSPS) is 10.8. The summed E-state index contributed by atoms with van der Waals surface area (Å²) in [7, 11) is 1.68. The maximum absolute atomic E-state index is 12.3. The number of rotatable bonds is 4. The van der Waals surface area contributed by atoms with Crippen LogP contribution in [0.25, 0.3) is 0 Å². The van der Waals surface area contributed by atoms with Gasteiger partial charge in [-0.05, 0) is 33.6 Å². The minimum Gasteiger partial charge on any atom is -0.302 e. The fraction of sp³-hybridized carbons (Fsp3) is 0.133. The summed E-state index contributed by atoms with van der Waals surface area (Å²) in [5.41, 5.74) is 1.41. The predicted octanol–water partition coefficient (Wildman–Crippen LogP) is 3.99. The van der Waals surface area contributed by atoms with E-state index in [1.165, 1.54) is 4.68 Å². The SMILES string of the molecule is Cn1ncc(Br)c1C(=O)Nc1nn(Cc2ccc(Cl)cc2)cc1Cl. The van der Waals surface area contributed by atoms with Crippen molar-refractivity contribution < 1.29 is 4.79 Å². The first-order valence-electron chi connectivity index (χ1n) is 6.90. The minimum absolute atomic E-state index is 0.295. The molecule has 3 aromatic rings. The van der Waals surface area contributed by atoms with Crippen LogP contribution >= 0.6 is 39.1 Å². The van der Waals surface area contributed by atoms with Gasteiger partial charge in [0.15, 0.2) is 5.82 Å². The van der Waals surface area contributed by atoms with E-state index in [1.54, 1.807) is 24.1 Å². The molecule has 0 radical (unpaired) electrons. The Labute approximate surface area is 156 Å². The number of carbonyl (C=O) groups is 1. The topological polar surface area (TPSA) is 64.7 Å². The van der Waals surface area contributed by atoms with E-state index in [2.05, 4.69) is 31.4 Å². The number of hydrogen-bond donors (Lipinski definition) is 1. The summed E-state index contributed by atoms with van der Waals surface area (Å²) in [6.45, 7) is 0.516. The number of nitrogens with zero attached hydrogens (tertiary/aromatic N) is 4. The zero-order valence-electron chi connectivity index (χ0n) is 12.5. The molecule has 0 aliphatic rings. The van der Waals surface area contributed by atoms with E-state index < -0.39 is 0 Å². The van der Waals surface area contributed by atoms with E-state index in [-0.39, 0.29) is 5.91 Å². The van der Waals surface area contributed by atoms with Crippen molar-refractivity contribution in [2.45, 2.75) is 6.54 Å². The van der Waals surface area contributed by atoms with Gasteiger partial charge in [-0.1, -0.05) is 35.3 Å². The number of benzene rings is 1. The average molecular weight is 429 g/mol. The Morgan fingerprint density at radius 2 is 2.00 bits per heavy atom. The Balaban J connectivity index is 1.77. The first kappa shape index (κ1) is 17.0. The molecule has 0 saturated heterocycles. The van der Waals surface area contributed by atoms with Gasteiger partial charge < -0.3 is 5.32 Å². The van der Waals surface area contributed by atoms with Gasteiger partial charge in [-0.2, -0.15) is 10.2 Å². The van der Waals surface area contributed by atoms with Crippen molar-refractivity contribution in [1.82, 2.24) is 19.6 Å². The molecular weight excluding hydrogens is 417 g/mol. The van der Waals surface area contributed by atoms with Gasteiger partial charge in [0.1, 0.15) is 10.7 Å². The highest BCUT2D eigenvalue weighted by Gasteiger charge is 2.18. The minimum atomic E-state index is -0.347. The zero-order chi connectivity index (χ0) is 17.3. The largest absolute Gasteiger partial charge is 0.302 e. The molecule has 0 atom stereocenters. The second kappa shape index (κ2) is 6.96. The number of nitrogens with one attached hydrogen (secondary N) is 1. The van der Waals surface area contributed by atoms with Crippen LogP contribution in [-0.2, 0) is 13.6 Å². The molecule has 0 aliphatic carbocycles. The van der Waals surface area contributed by atoms with E-state index >= 15 is 0 Å². The highest BCUT2D eigenvalue weighted by Crippen LogP contribution is 2.22. The molecule has 124 valence electrons. The van der Waals surface area contributed by atoms with Gasteiger partial charge >= 0.3 is 0 Å². The summed E-state index contributed by atoms with van der Waals surface area (Å²) < 4.78 is 3.72. The fourth-order valence-corrected chi connectivity index (χ4v) is 3.02. The van der Waals surface area contributed by atoms with Crippen LogP contribution in [0.1, 0.15) is 16.1 Å². The van der Waals surface area contributed by atoms with Crippen LogP contribution in [-0.4, -0.2) is 25.5 Å². The van der Waals surface area contributed by atoms with Gasteiger partial charge in [0.05, 0.1) is 17.2 Å². The molecule has 24 heavy (non-hydrogen) atoms. The van der Waals surface area contributed by atoms with Crippen molar-refractivity contribution >= 4 is 50.9 Å². The van der Waals surface area contributed by atoms with E-state index in [9.17, 15) is 4.79 Å². The number of aromatic nitrogens is 4. The van der Waals surface area contributed by atoms with Crippen LogP contribution in [0.5, 0.6) is 0 Å². The van der Waals surface area contributed by atoms with Crippen LogP contribution < -0.4 is 5.32 Å². The fourth-order valence-electron chi connectivity index (χ4n) is 2.17. The molecule has 6 nitrogen and oxygen atoms in total. The third-order valence-corrected chi connectivity index (χ3v) is 4.42. The van der Waals surface area contributed by atoms with Crippen LogP contribution in [0.2, 0.25) is 10.0 Å². The molecule has 0 fully saturated rings. The number of halogens is 3. The Hall–Kier alpha value is -1.83. The molecule has 0 bridgehead atoms. The molecule has 0 aliphatic heterocycles. The molecule has 1 N–H and O–H groups in total. The first-order chi connectivity index (χ1) is 11.4. The molecule has 1 amide bonds. The van der Waals surface area contributed by atoms with E-state index in [4.69, 9.17) is 23.2 Å². The molecule has 0 saturated carbocycles. The molecule has 0 unspecified atom stereocenters. The second-order valence-electron chi connectivity index (χ2n) is 5.07. The average Bonchev–Trinajstić information content (AvgIpc) is 3.04. The van der Waals surface area contributed by atoms with Crippen molar-refractivity contribution in [2.24, 2.45) is 7.05 Å². The van der Waals surface area contributed by atoms with Gasteiger partial charge in [0.25, 0.3) is 5.91 Å². The molecule has 1 aromatic carbocycles. The van der Waals surface area contributed by atoms with Gasteiger partial charge in [-0.3, -0.25) is 14.2 Å². The van der Waals surface area contributed by atoms with Crippen molar-refractivity contribution in [3.63, 3.8) is 0 Å². The number of anilines is 1. The molecule has 0 spiro atoms. The molecule has 3 rings (SSSR count). The van der Waals surface area contributed by atoms with E-state index in [0.717, 1.165) is 5.56 Å². The number of hydrogen-bond acceptors (Lipinski definition) is 3. The molecule has 2 aromatic heterocycles. The number of aryl methyl sites for hydroxylation is 1. The lowest BCUT2D eigenvalue weighted by molar-refractivity contribution is 0.101. The van der Waals surface area contributed by atoms with Gasteiger partial charge in [0, 0.05) is 18.3 Å². The summed E-state index contributed by atoms with van der Waals surface area (Å²) in [4.78, 5) is 12.3. The highest BCUT2D eigenvalue weighted by atomic mass is 79.9. The van der Waals surface area contributed by atoms with Crippen molar-refractivity contribution in [1.29, 1.82) is 0 Å². The van der Waals surface area contributed by atoms with Crippen LogP contribution in [0, 0.1) is 0 Å². The summed E-state index contributed by atoms with van der Waals surface area (Å²) in [5, 5.41) is 12.0.